The molecule has 1 aromatic carbocycles. The van der Waals surface area contributed by atoms with Crippen LogP contribution in [0.2, 0.25) is 0 Å². The van der Waals surface area contributed by atoms with Gasteiger partial charge in [-0.3, -0.25) is 14.9 Å². The summed E-state index contributed by atoms with van der Waals surface area (Å²) in [4.78, 5) is 23.6. The van der Waals surface area contributed by atoms with E-state index in [1.807, 2.05) is 0 Å². The molecular weight excluding hydrogens is 322 g/mol. The van der Waals surface area contributed by atoms with Crippen LogP contribution in [0.15, 0.2) is 24.3 Å². The van der Waals surface area contributed by atoms with Gasteiger partial charge in [0.1, 0.15) is 6.04 Å². The van der Waals surface area contributed by atoms with Gasteiger partial charge in [0.2, 0.25) is 15.9 Å². The van der Waals surface area contributed by atoms with Crippen molar-refractivity contribution >= 4 is 21.6 Å². The van der Waals surface area contributed by atoms with E-state index in [9.17, 15) is 23.3 Å². The van der Waals surface area contributed by atoms with Gasteiger partial charge in [-0.25, -0.2) is 8.42 Å². The van der Waals surface area contributed by atoms with Crippen molar-refractivity contribution in [3.05, 3.63) is 39.9 Å². The molecule has 1 atom stereocenters. The Balaban J connectivity index is 2.17. The molecule has 1 aromatic rings. The molecular formula is C14H19N3O5S. The van der Waals surface area contributed by atoms with Gasteiger partial charge < -0.3 is 4.90 Å². The van der Waals surface area contributed by atoms with E-state index in [1.54, 1.807) is 14.1 Å². The lowest BCUT2D eigenvalue weighted by Crippen LogP contribution is -2.45. The van der Waals surface area contributed by atoms with Crippen LogP contribution in [0.3, 0.4) is 0 Å². The molecule has 1 saturated heterocycles. The zero-order chi connectivity index (χ0) is 17.2. The van der Waals surface area contributed by atoms with E-state index in [2.05, 4.69) is 0 Å². The average Bonchev–Trinajstić information content (AvgIpc) is 2.96. The molecule has 0 N–H and O–H groups in total. The van der Waals surface area contributed by atoms with E-state index in [0.717, 1.165) is 0 Å². The van der Waals surface area contributed by atoms with Crippen molar-refractivity contribution in [1.82, 2.24) is 9.21 Å². The van der Waals surface area contributed by atoms with Crippen molar-refractivity contribution in [3.63, 3.8) is 0 Å². The summed E-state index contributed by atoms with van der Waals surface area (Å²) in [5, 5.41) is 10.6. The van der Waals surface area contributed by atoms with Gasteiger partial charge in [-0.05, 0) is 18.4 Å². The van der Waals surface area contributed by atoms with E-state index >= 15 is 0 Å². The monoisotopic (exact) mass is 341 g/mol. The molecule has 0 aliphatic carbocycles. The second-order valence-corrected chi connectivity index (χ2v) is 7.60. The Morgan fingerprint density at radius 3 is 2.48 bits per heavy atom. The second-order valence-electron chi connectivity index (χ2n) is 5.68. The number of hydrogen-bond donors (Lipinski definition) is 0. The van der Waals surface area contributed by atoms with Crippen molar-refractivity contribution in [3.8, 4) is 0 Å². The normalized spacial score (nSPS) is 18.8. The standard InChI is InChI=1S/C14H19N3O5S/c1-15(2)14(18)13-4-3-9-16(13)23(21,22)10-11-5-7-12(8-6-11)17(19)20/h5-8,13H,3-4,9-10H2,1-2H3. The minimum Gasteiger partial charge on any atom is -0.347 e. The molecule has 0 saturated carbocycles. The molecule has 126 valence electrons. The summed E-state index contributed by atoms with van der Waals surface area (Å²) in [5.41, 5.74) is 0.367. The van der Waals surface area contributed by atoms with Crippen LogP contribution in [0.5, 0.6) is 0 Å². The molecule has 1 heterocycles. The Kier molecular flexibility index (Phi) is 5.00. The molecule has 0 bridgehead atoms. The molecule has 1 amide bonds. The first-order valence-electron chi connectivity index (χ1n) is 7.16. The fraction of sp³-hybridized carbons (Fsp3) is 0.500. The SMILES string of the molecule is CN(C)C(=O)C1CCCN1S(=O)(=O)Cc1ccc([N+](=O)[O-])cc1. The number of nitro benzene ring substituents is 1. The highest BCUT2D eigenvalue weighted by Gasteiger charge is 2.39. The van der Waals surface area contributed by atoms with Crippen LogP contribution >= 0.6 is 0 Å². The van der Waals surface area contributed by atoms with Gasteiger partial charge in [-0.15, -0.1) is 0 Å². The van der Waals surface area contributed by atoms with Crippen LogP contribution in [-0.4, -0.2) is 55.1 Å². The summed E-state index contributed by atoms with van der Waals surface area (Å²) >= 11 is 0. The van der Waals surface area contributed by atoms with Crippen LogP contribution in [-0.2, 0) is 20.6 Å². The molecule has 23 heavy (non-hydrogen) atoms. The van der Waals surface area contributed by atoms with E-state index in [0.29, 0.717) is 24.9 Å². The number of carbonyl (C=O) groups excluding carboxylic acids is 1. The van der Waals surface area contributed by atoms with Crippen molar-refractivity contribution < 1.29 is 18.1 Å². The summed E-state index contributed by atoms with van der Waals surface area (Å²) in [6.45, 7) is 0.319. The number of rotatable bonds is 5. The maximum Gasteiger partial charge on any atom is 0.269 e. The van der Waals surface area contributed by atoms with Gasteiger partial charge in [-0.2, -0.15) is 4.31 Å². The first kappa shape index (κ1) is 17.4. The summed E-state index contributed by atoms with van der Waals surface area (Å²) in [6, 6.07) is 4.74. The van der Waals surface area contributed by atoms with E-state index in [1.165, 1.54) is 33.5 Å². The number of sulfonamides is 1. The number of amides is 1. The van der Waals surface area contributed by atoms with Crippen LogP contribution < -0.4 is 0 Å². The Labute approximate surface area is 134 Å². The Morgan fingerprint density at radius 2 is 1.96 bits per heavy atom. The predicted molar refractivity (Wildman–Crippen MR) is 84.1 cm³/mol. The topological polar surface area (TPSA) is 101 Å². The molecule has 0 radical (unpaired) electrons. The summed E-state index contributed by atoms with van der Waals surface area (Å²) < 4.78 is 26.4. The van der Waals surface area contributed by atoms with Crippen molar-refractivity contribution in [2.24, 2.45) is 0 Å². The minimum absolute atomic E-state index is 0.0898. The fourth-order valence-corrected chi connectivity index (χ4v) is 4.40. The highest BCUT2D eigenvalue weighted by Crippen LogP contribution is 2.25. The average molecular weight is 341 g/mol. The van der Waals surface area contributed by atoms with Crippen LogP contribution in [0, 0.1) is 10.1 Å². The van der Waals surface area contributed by atoms with Gasteiger partial charge >= 0.3 is 0 Å². The quantitative estimate of drug-likeness (QED) is 0.587. The predicted octanol–water partition coefficient (Wildman–Crippen LogP) is 0.977. The molecule has 1 aliphatic heterocycles. The van der Waals surface area contributed by atoms with Gasteiger partial charge in [0.25, 0.3) is 5.69 Å². The summed E-state index contributed by atoms with van der Waals surface area (Å²) in [5.74, 6) is -0.503. The zero-order valence-electron chi connectivity index (χ0n) is 13.0. The smallest absolute Gasteiger partial charge is 0.269 e. The van der Waals surface area contributed by atoms with Crippen LogP contribution in [0.25, 0.3) is 0 Å². The van der Waals surface area contributed by atoms with E-state index in [4.69, 9.17) is 0 Å². The maximum absolute atomic E-state index is 12.6. The molecule has 1 fully saturated rings. The van der Waals surface area contributed by atoms with E-state index in [-0.39, 0.29) is 17.3 Å². The van der Waals surface area contributed by atoms with Crippen molar-refractivity contribution in [1.29, 1.82) is 0 Å². The molecule has 1 aliphatic rings. The summed E-state index contributed by atoms with van der Waals surface area (Å²) in [6.07, 6.45) is 1.15. The van der Waals surface area contributed by atoms with E-state index < -0.39 is 21.0 Å². The number of nitro groups is 1. The third kappa shape index (κ3) is 3.85. The van der Waals surface area contributed by atoms with Crippen LogP contribution in [0.4, 0.5) is 5.69 Å². The lowest BCUT2D eigenvalue weighted by atomic mass is 10.2. The lowest BCUT2D eigenvalue weighted by Gasteiger charge is -2.25. The number of non-ortho nitro benzene ring substituents is 1. The first-order valence-corrected chi connectivity index (χ1v) is 8.77. The Bertz CT molecular complexity index is 700. The highest BCUT2D eigenvalue weighted by atomic mass is 32.2. The molecule has 0 aromatic heterocycles. The molecule has 8 nitrogen and oxygen atoms in total. The van der Waals surface area contributed by atoms with Gasteiger partial charge in [-0.1, -0.05) is 12.1 Å². The lowest BCUT2D eigenvalue weighted by molar-refractivity contribution is -0.384. The maximum atomic E-state index is 12.6. The second kappa shape index (κ2) is 6.63. The minimum atomic E-state index is -3.66. The number of carbonyl (C=O) groups is 1. The molecule has 0 spiro atoms. The third-order valence-electron chi connectivity index (χ3n) is 3.78. The largest absolute Gasteiger partial charge is 0.347 e. The highest BCUT2D eigenvalue weighted by molar-refractivity contribution is 7.88. The fourth-order valence-electron chi connectivity index (χ4n) is 2.63. The third-order valence-corrected chi connectivity index (χ3v) is 5.63. The van der Waals surface area contributed by atoms with Gasteiger partial charge in [0.15, 0.2) is 0 Å². The molecule has 1 unspecified atom stereocenters. The zero-order valence-corrected chi connectivity index (χ0v) is 13.8. The molecule has 2 rings (SSSR count). The van der Waals surface area contributed by atoms with Gasteiger partial charge in [0.05, 0.1) is 10.7 Å². The Morgan fingerprint density at radius 1 is 1.35 bits per heavy atom. The van der Waals surface area contributed by atoms with Crippen molar-refractivity contribution in [2.45, 2.75) is 24.6 Å². The molecule has 9 heteroatoms. The first-order chi connectivity index (χ1) is 10.7. The van der Waals surface area contributed by atoms with Crippen molar-refractivity contribution in [2.75, 3.05) is 20.6 Å². The van der Waals surface area contributed by atoms with Crippen LogP contribution in [0.1, 0.15) is 18.4 Å². The number of benzene rings is 1. The number of hydrogen-bond acceptors (Lipinski definition) is 5. The summed E-state index contributed by atoms with van der Waals surface area (Å²) in [7, 11) is -0.460. The number of nitrogens with zero attached hydrogens (tertiary/aromatic N) is 3. The Hall–Kier alpha value is -2.00. The van der Waals surface area contributed by atoms with Gasteiger partial charge in [0, 0.05) is 32.8 Å². The number of likely N-dealkylation sites (N-methyl/N-ethyl adjacent to an activating group) is 1.